The molecule has 108 valence electrons. The van der Waals surface area contributed by atoms with Gasteiger partial charge in [0, 0.05) is 12.6 Å². The number of amides is 1. The van der Waals surface area contributed by atoms with Crippen LogP contribution < -0.4 is 5.32 Å². The first-order valence-corrected chi connectivity index (χ1v) is 7.24. The number of hydrogen-bond donors (Lipinski definition) is 2. The van der Waals surface area contributed by atoms with Crippen molar-refractivity contribution in [3.63, 3.8) is 0 Å². The summed E-state index contributed by atoms with van der Waals surface area (Å²) in [6, 6.07) is 0.446. The van der Waals surface area contributed by atoms with Crippen LogP contribution in [-0.2, 0) is 4.79 Å². The number of carbonyl (C=O) groups is 1. The quantitative estimate of drug-likeness (QED) is 0.648. The van der Waals surface area contributed by atoms with Crippen LogP contribution >= 0.6 is 0 Å². The predicted octanol–water partition coefficient (Wildman–Crippen LogP) is 1.14. The zero-order valence-corrected chi connectivity index (χ0v) is 12.1. The van der Waals surface area contributed by atoms with Crippen molar-refractivity contribution >= 4 is 5.91 Å². The third-order valence-electron chi connectivity index (χ3n) is 4.19. The fourth-order valence-electron chi connectivity index (χ4n) is 2.43. The van der Waals surface area contributed by atoms with E-state index in [9.17, 15) is 4.79 Å². The Labute approximate surface area is 116 Å². The lowest BCUT2D eigenvalue weighted by Crippen LogP contribution is -2.52. The molecule has 0 unspecified atom stereocenters. The number of hydrogen-bond acceptors (Lipinski definition) is 3. The third-order valence-corrected chi connectivity index (χ3v) is 4.19. The van der Waals surface area contributed by atoms with Gasteiger partial charge in [-0.05, 0) is 25.7 Å². The lowest BCUT2D eigenvalue weighted by molar-refractivity contribution is -0.124. The summed E-state index contributed by atoms with van der Waals surface area (Å²) in [6.07, 6.45) is 10.5. The van der Waals surface area contributed by atoms with Gasteiger partial charge in [0.05, 0.1) is 13.2 Å². The number of aliphatic hydroxyl groups is 1. The molecule has 0 radical (unpaired) electrons. The van der Waals surface area contributed by atoms with E-state index in [0.29, 0.717) is 19.1 Å². The van der Waals surface area contributed by atoms with E-state index >= 15 is 0 Å². The molecular formula is C15H26N2O2. The van der Waals surface area contributed by atoms with Gasteiger partial charge >= 0.3 is 0 Å². The topological polar surface area (TPSA) is 52.6 Å². The first-order chi connectivity index (χ1) is 9.10. The highest BCUT2D eigenvalue weighted by Crippen LogP contribution is 2.24. The van der Waals surface area contributed by atoms with Gasteiger partial charge in [0.1, 0.15) is 5.54 Å². The van der Waals surface area contributed by atoms with Crippen LogP contribution in [0.3, 0.4) is 0 Å². The summed E-state index contributed by atoms with van der Waals surface area (Å²) < 4.78 is 0. The molecule has 0 saturated heterocycles. The van der Waals surface area contributed by atoms with Crippen molar-refractivity contribution in [1.29, 1.82) is 0 Å². The van der Waals surface area contributed by atoms with Crippen molar-refractivity contribution in [2.45, 2.75) is 57.5 Å². The number of terminal acetylenes is 1. The molecule has 0 aliphatic heterocycles. The van der Waals surface area contributed by atoms with Crippen LogP contribution in [0.1, 0.15) is 46.0 Å². The molecule has 1 aliphatic rings. The van der Waals surface area contributed by atoms with Crippen molar-refractivity contribution in [2.24, 2.45) is 0 Å². The highest BCUT2D eigenvalue weighted by atomic mass is 16.3. The number of nitrogens with one attached hydrogen (secondary N) is 1. The second-order valence-corrected chi connectivity index (χ2v) is 5.26. The van der Waals surface area contributed by atoms with E-state index in [2.05, 4.69) is 16.1 Å². The van der Waals surface area contributed by atoms with E-state index in [1.54, 1.807) is 0 Å². The molecule has 19 heavy (non-hydrogen) atoms. The molecule has 0 aromatic heterocycles. The van der Waals surface area contributed by atoms with Gasteiger partial charge in [-0.25, -0.2) is 0 Å². The fourth-order valence-corrected chi connectivity index (χ4v) is 2.43. The van der Waals surface area contributed by atoms with Crippen molar-refractivity contribution < 1.29 is 9.90 Å². The minimum atomic E-state index is -0.526. The zero-order chi connectivity index (χ0) is 14.3. The third kappa shape index (κ3) is 4.22. The van der Waals surface area contributed by atoms with Crippen LogP contribution in [0.5, 0.6) is 0 Å². The number of carbonyl (C=O) groups excluding carboxylic acids is 1. The number of rotatable bonds is 8. The van der Waals surface area contributed by atoms with E-state index in [4.69, 9.17) is 11.5 Å². The Morgan fingerprint density at radius 1 is 1.47 bits per heavy atom. The van der Waals surface area contributed by atoms with Crippen molar-refractivity contribution in [3.05, 3.63) is 0 Å². The second kappa shape index (κ2) is 7.52. The lowest BCUT2D eigenvalue weighted by atomic mass is 9.91. The van der Waals surface area contributed by atoms with Crippen LogP contribution in [0.4, 0.5) is 0 Å². The number of nitrogens with zero attached hydrogens (tertiary/aromatic N) is 1. The molecule has 0 spiro atoms. The Hall–Kier alpha value is -1.05. The molecule has 1 saturated carbocycles. The van der Waals surface area contributed by atoms with Gasteiger partial charge < -0.3 is 10.4 Å². The van der Waals surface area contributed by atoms with E-state index in [0.717, 1.165) is 25.7 Å². The molecule has 1 fully saturated rings. The van der Waals surface area contributed by atoms with E-state index in [-0.39, 0.29) is 12.5 Å². The van der Waals surface area contributed by atoms with Gasteiger partial charge in [0.25, 0.3) is 0 Å². The average Bonchev–Trinajstić information content (AvgIpc) is 2.34. The van der Waals surface area contributed by atoms with E-state index in [1.165, 1.54) is 6.42 Å². The summed E-state index contributed by atoms with van der Waals surface area (Å²) in [5, 5.41) is 12.1. The van der Waals surface area contributed by atoms with Crippen LogP contribution in [0.15, 0.2) is 0 Å². The van der Waals surface area contributed by atoms with Gasteiger partial charge in [-0.15, -0.1) is 6.42 Å². The summed E-state index contributed by atoms with van der Waals surface area (Å²) in [7, 11) is 0. The van der Waals surface area contributed by atoms with E-state index < -0.39 is 5.54 Å². The Balaban J connectivity index is 2.54. The monoisotopic (exact) mass is 266 g/mol. The molecular weight excluding hydrogens is 240 g/mol. The maximum atomic E-state index is 12.1. The van der Waals surface area contributed by atoms with Gasteiger partial charge in [-0.2, -0.15) is 0 Å². The standard InChI is InChI=1S/C15H26N2O2/c1-4-15(5-2,6-3)16-14(19)12-17(10-11-18)13-8-7-9-13/h1,13,18H,5-12H2,2-3H3,(H,16,19). The van der Waals surface area contributed by atoms with Gasteiger partial charge in [-0.3, -0.25) is 9.69 Å². The molecule has 1 aliphatic carbocycles. The molecule has 1 amide bonds. The van der Waals surface area contributed by atoms with Crippen LogP contribution in [0.2, 0.25) is 0 Å². The minimum absolute atomic E-state index is 0.0398. The zero-order valence-electron chi connectivity index (χ0n) is 12.1. The Bertz CT molecular complexity index is 328. The molecule has 4 heteroatoms. The maximum absolute atomic E-state index is 12.1. The van der Waals surface area contributed by atoms with Crippen LogP contribution in [-0.4, -0.2) is 47.2 Å². The van der Waals surface area contributed by atoms with Crippen molar-refractivity contribution in [2.75, 3.05) is 19.7 Å². The Kier molecular flexibility index (Phi) is 6.33. The molecule has 0 aromatic carbocycles. The molecule has 1 rings (SSSR count). The Morgan fingerprint density at radius 2 is 2.11 bits per heavy atom. The lowest BCUT2D eigenvalue weighted by Gasteiger charge is -2.37. The first kappa shape index (κ1) is 16.0. The van der Waals surface area contributed by atoms with Gasteiger partial charge in [-0.1, -0.05) is 26.2 Å². The maximum Gasteiger partial charge on any atom is 0.235 e. The molecule has 2 N–H and O–H groups in total. The fraction of sp³-hybridized carbons (Fsp3) is 0.800. The van der Waals surface area contributed by atoms with Crippen molar-refractivity contribution in [1.82, 2.24) is 10.2 Å². The molecule has 0 heterocycles. The minimum Gasteiger partial charge on any atom is -0.395 e. The molecule has 0 atom stereocenters. The number of aliphatic hydroxyl groups excluding tert-OH is 1. The van der Waals surface area contributed by atoms with Crippen molar-refractivity contribution in [3.8, 4) is 12.3 Å². The molecule has 0 aromatic rings. The summed E-state index contributed by atoms with van der Waals surface area (Å²) in [5.74, 6) is 2.67. The first-order valence-electron chi connectivity index (χ1n) is 7.24. The summed E-state index contributed by atoms with van der Waals surface area (Å²) in [5.41, 5.74) is -0.526. The summed E-state index contributed by atoms with van der Waals surface area (Å²) in [6.45, 7) is 4.95. The average molecular weight is 266 g/mol. The van der Waals surface area contributed by atoms with Gasteiger partial charge in [0.15, 0.2) is 0 Å². The van der Waals surface area contributed by atoms with Crippen LogP contribution in [0.25, 0.3) is 0 Å². The highest BCUT2D eigenvalue weighted by Gasteiger charge is 2.29. The SMILES string of the molecule is C#CC(CC)(CC)NC(=O)CN(CCO)C1CCC1. The largest absolute Gasteiger partial charge is 0.395 e. The predicted molar refractivity (Wildman–Crippen MR) is 76.6 cm³/mol. The normalized spacial score (nSPS) is 15.9. The summed E-state index contributed by atoms with van der Waals surface area (Å²) >= 11 is 0. The highest BCUT2D eigenvalue weighted by molar-refractivity contribution is 5.79. The van der Waals surface area contributed by atoms with Gasteiger partial charge in [0.2, 0.25) is 5.91 Å². The smallest absolute Gasteiger partial charge is 0.235 e. The van der Waals surface area contributed by atoms with Crippen LogP contribution in [0, 0.1) is 12.3 Å². The van der Waals surface area contributed by atoms with E-state index in [1.807, 2.05) is 13.8 Å². The molecule has 4 nitrogen and oxygen atoms in total. The second-order valence-electron chi connectivity index (χ2n) is 5.26. The summed E-state index contributed by atoms with van der Waals surface area (Å²) in [4.78, 5) is 14.2. The molecule has 0 bridgehead atoms. The Morgan fingerprint density at radius 3 is 2.47 bits per heavy atom.